The molecule has 2 unspecified atom stereocenters. The maximum atomic E-state index is 12.5. The van der Waals surface area contributed by atoms with Crippen LogP contribution in [0.2, 0.25) is 0 Å². The van der Waals surface area contributed by atoms with Gasteiger partial charge in [0.25, 0.3) is 0 Å². The van der Waals surface area contributed by atoms with E-state index >= 15 is 0 Å². The first-order chi connectivity index (χ1) is 23.4. The molecule has 3 N–H and O–H groups in total. The Morgan fingerprint density at radius 3 is 1.75 bits per heavy atom. The topological polar surface area (TPSA) is 117 Å². The van der Waals surface area contributed by atoms with Crippen LogP contribution in [0.5, 0.6) is 0 Å². The summed E-state index contributed by atoms with van der Waals surface area (Å²) in [6.07, 6.45) is 40.1. The Morgan fingerprint density at radius 1 is 0.646 bits per heavy atom. The summed E-state index contributed by atoms with van der Waals surface area (Å²) in [6, 6.07) is 0. The molecule has 0 aliphatic carbocycles. The lowest BCUT2D eigenvalue weighted by atomic mass is 10.0. The molecule has 0 rings (SSSR count). The fourth-order valence-corrected chi connectivity index (χ4v) is 6.01. The molecule has 0 aromatic heterocycles. The van der Waals surface area contributed by atoms with Crippen LogP contribution in [0.25, 0.3) is 0 Å². The number of unbranched alkanes of at least 4 members (excludes halogenated alkanes) is 18. The normalized spacial score (nSPS) is 14.0. The highest BCUT2D eigenvalue weighted by atomic mass is 31.2. The van der Waals surface area contributed by atoms with Crippen LogP contribution in [-0.4, -0.2) is 49.9 Å². The van der Waals surface area contributed by atoms with Crippen molar-refractivity contribution in [3.05, 3.63) is 36.5 Å². The number of allylic oxidation sites excluding steroid dienone is 6. The average Bonchev–Trinajstić information content (AvgIpc) is 3.07. The maximum Gasteiger partial charge on any atom is 0.472 e. The van der Waals surface area contributed by atoms with Gasteiger partial charge in [0, 0.05) is 19.6 Å². The lowest BCUT2D eigenvalue weighted by Crippen LogP contribution is -2.28. The van der Waals surface area contributed by atoms with Gasteiger partial charge in [-0.15, -0.1) is 0 Å². The molecule has 0 aromatic carbocycles. The highest BCUT2D eigenvalue weighted by Crippen LogP contribution is 2.43. The van der Waals surface area contributed by atoms with Crippen molar-refractivity contribution >= 4 is 13.8 Å². The van der Waals surface area contributed by atoms with Crippen molar-refractivity contribution in [3.63, 3.8) is 0 Å². The highest BCUT2D eigenvalue weighted by Gasteiger charge is 2.25. The second kappa shape index (κ2) is 37.0. The largest absolute Gasteiger partial charge is 0.472 e. The molecule has 9 heteroatoms. The molecule has 0 spiro atoms. The van der Waals surface area contributed by atoms with E-state index in [-0.39, 0.29) is 32.3 Å². The molecule has 282 valence electrons. The second-order valence-corrected chi connectivity index (χ2v) is 14.2. The molecular weight excluding hydrogens is 625 g/mol. The van der Waals surface area contributed by atoms with E-state index < -0.39 is 13.9 Å². The van der Waals surface area contributed by atoms with Crippen molar-refractivity contribution in [3.8, 4) is 0 Å². The highest BCUT2D eigenvalue weighted by molar-refractivity contribution is 7.47. The van der Waals surface area contributed by atoms with Gasteiger partial charge >= 0.3 is 13.8 Å². The van der Waals surface area contributed by atoms with Crippen LogP contribution in [0, 0.1) is 0 Å². The number of esters is 1. The Labute approximate surface area is 295 Å². The van der Waals surface area contributed by atoms with E-state index in [1.807, 2.05) is 0 Å². The minimum atomic E-state index is -4.27. The lowest BCUT2D eigenvalue weighted by Gasteiger charge is -2.20. The first-order valence-corrected chi connectivity index (χ1v) is 21.0. The average molecular weight is 700 g/mol. The van der Waals surface area contributed by atoms with E-state index in [1.54, 1.807) is 0 Å². The van der Waals surface area contributed by atoms with Gasteiger partial charge in [0.05, 0.1) is 19.8 Å². The number of phosphoric acid groups is 1. The Bertz CT molecular complexity index is 833. The number of phosphoric ester groups is 1. The molecule has 0 aromatic rings. The first-order valence-electron chi connectivity index (χ1n) is 19.5. The van der Waals surface area contributed by atoms with E-state index in [0.29, 0.717) is 13.0 Å². The van der Waals surface area contributed by atoms with Crippen molar-refractivity contribution in [1.82, 2.24) is 0 Å². The minimum Gasteiger partial charge on any atom is -0.457 e. The van der Waals surface area contributed by atoms with Crippen molar-refractivity contribution in [1.29, 1.82) is 0 Å². The van der Waals surface area contributed by atoms with E-state index in [2.05, 4.69) is 50.3 Å². The molecule has 0 saturated carbocycles. The molecule has 0 saturated heterocycles. The zero-order valence-electron chi connectivity index (χ0n) is 31.0. The monoisotopic (exact) mass is 700 g/mol. The maximum absolute atomic E-state index is 12.5. The molecule has 2 atom stereocenters. The Kier molecular flexibility index (Phi) is 36.0. The van der Waals surface area contributed by atoms with Crippen LogP contribution in [0.15, 0.2) is 36.5 Å². The van der Waals surface area contributed by atoms with Crippen LogP contribution in [-0.2, 0) is 27.9 Å². The summed E-state index contributed by atoms with van der Waals surface area (Å²) in [5, 5.41) is 0. The van der Waals surface area contributed by atoms with Crippen molar-refractivity contribution in [2.24, 2.45) is 5.73 Å². The van der Waals surface area contributed by atoms with Crippen LogP contribution in [0.1, 0.15) is 168 Å². The molecular formula is C39H74NO7P. The number of carbonyl (C=O) groups is 1. The van der Waals surface area contributed by atoms with Crippen molar-refractivity contribution < 1.29 is 32.8 Å². The standard InChI is InChI=1S/C39H74NO7P/c1-3-5-7-9-11-13-15-17-19-20-22-24-26-28-30-32-39(41)47-38(37-46-48(42,43)45-35-33-40)36-44-34-31-29-27-25-23-21-18-16-14-12-10-8-6-4-2/h5,7,11,13,17,19,38H,3-4,6,8-10,12,14-16,18,20-37,40H2,1-2H3,(H,42,43)/b7-5-,13-11-,19-17-. The van der Waals surface area contributed by atoms with Gasteiger partial charge in [-0.05, 0) is 44.9 Å². The number of carbonyl (C=O) groups excluding carboxylic acids is 1. The zero-order valence-corrected chi connectivity index (χ0v) is 31.9. The number of hydrogen-bond donors (Lipinski definition) is 2. The Balaban J connectivity index is 4.10. The van der Waals surface area contributed by atoms with E-state index in [9.17, 15) is 14.3 Å². The van der Waals surface area contributed by atoms with Crippen LogP contribution >= 0.6 is 7.82 Å². The molecule has 0 aliphatic heterocycles. The van der Waals surface area contributed by atoms with E-state index in [0.717, 1.165) is 70.6 Å². The third-order valence-electron chi connectivity index (χ3n) is 8.07. The SMILES string of the molecule is CC/C=C\C/C=C\C/C=C\CCCCCCCC(=O)OC(COCCCCCCCCCCCCCCCC)COP(=O)(O)OCCN. The summed E-state index contributed by atoms with van der Waals surface area (Å²) in [6.45, 7) is 4.79. The van der Waals surface area contributed by atoms with Gasteiger partial charge in [-0.25, -0.2) is 4.57 Å². The van der Waals surface area contributed by atoms with E-state index in [4.69, 9.17) is 24.3 Å². The van der Waals surface area contributed by atoms with Crippen LogP contribution in [0.4, 0.5) is 0 Å². The van der Waals surface area contributed by atoms with Gasteiger partial charge in [0.2, 0.25) is 0 Å². The Hall–Kier alpha value is -1.28. The minimum absolute atomic E-state index is 0.0976. The van der Waals surface area contributed by atoms with Crippen molar-refractivity contribution in [2.45, 2.75) is 174 Å². The summed E-state index contributed by atoms with van der Waals surface area (Å²) < 4.78 is 33.3. The molecule has 0 amide bonds. The molecule has 0 heterocycles. The smallest absolute Gasteiger partial charge is 0.457 e. The van der Waals surface area contributed by atoms with Gasteiger partial charge in [0.1, 0.15) is 6.10 Å². The third kappa shape index (κ3) is 36.0. The number of ether oxygens (including phenoxy) is 2. The summed E-state index contributed by atoms with van der Waals surface area (Å²) >= 11 is 0. The predicted molar refractivity (Wildman–Crippen MR) is 201 cm³/mol. The molecule has 48 heavy (non-hydrogen) atoms. The summed E-state index contributed by atoms with van der Waals surface area (Å²) in [7, 11) is -4.27. The van der Waals surface area contributed by atoms with Gasteiger partial charge in [-0.1, -0.05) is 153 Å². The number of nitrogens with two attached hydrogens (primary N) is 1. The second-order valence-electron chi connectivity index (χ2n) is 12.8. The number of hydrogen-bond acceptors (Lipinski definition) is 7. The van der Waals surface area contributed by atoms with Gasteiger partial charge in [-0.3, -0.25) is 13.8 Å². The summed E-state index contributed by atoms with van der Waals surface area (Å²) in [4.78, 5) is 22.4. The quantitative estimate of drug-likeness (QED) is 0.0285. The van der Waals surface area contributed by atoms with Crippen molar-refractivity contribution in [2.75, 3.05) is 33.0 Å². The van der Waals surface area contributed by atoms with Gasteiger partial charge < -0.3 is 20.1 Å². The van der Waals surface area contributed by atoms with Crippen LogP contribution in [0.3, 0.4) is 0 Å². The predicted octanol–water partition coefficient (Wildman–Crippen LogP) is 11.1. The molecule has 8 nitrogen and oxygen atoms in total. The molecule has 0 fully saturated rings. The summed E-state index contributed by atoms with van der Waals surface area (Å²) in [5.74, 6) is -0.347. The molecule has 0 bridgehead atoms. The van der Waals surface area contributed by atoms with E-state index in [1.165, 1.54) is 77.0 Å². The van der Waals surface area contributed by atoms with Gasteiger partial charge in [-0.2, -0.15) is 0 Å². The Morgan fingerprint density at radius 2 is 1.17 bits per heavy atom. The first kappa shape index (κ1) is 46.7. The fraction of sp³-hybridized carbons (Fsp3) is 0.821. The van der Waals surface area contributed by atoms with Crippen LogP contribution < -0.4 is 5.73 Å². The third-order valence-corrected chi connectivity index (χ3v) is 9.06. The molecule has 0 radical (unpaired) electrons. The molecule has 0 aliphatic rings. The lowest BCUT2D eigenvalue weighted by molar-refractivity contribution is -0.154. The number of rotatable bonds is 37. The van der Waals surface area contributed by atoms with Gasteiger partial charge in [0.15, 0.2) is 0 Å². The fourth-order valence-electron chi connectivity index (χ4n) is 5.25. The zero-order chi connectivity index (χ0) is 35.2. The summed E-state index contributed by atoms with van der Waals surface area (Å²) in [5.41, 5.74) is 5.35.